The molecule has 0 spiro atoms. The van der Waals surface area contributed by atoms with E-state index < -0.39 is 10.2 Å². The zero-order valence-corrected chi connectivity index (χ0v) is 22.7. The second-order valence-electron chi connectivity index (χ2n) is 11.1. The lowest BCUT2D eigenvalue weighted by Gasteiger charge is -2.39. The van der Waals surface area contributed by atoms with Gasteiger partial charge in [-0.3, -0.25) is 4.79 Å². The van der Waals surface area contributed by atoms with Gasteiger partial charge in [0, 0.05) is 51.6 Å². The molecule has 5 rings (SSSR count). The summed E-state index contributed by atoms with van der Waals surface area (Å²) in [6, 6.07) is 10.3. The SMILES string of the molecule is CC1CCN(S(=O)(=O)N2CCC(C(=O)N3CCC(Cc4nncn4Cc4ccccc4)CC3)CC2)CC1. The van der Waals surface area contributed by atoms with E-state index in [-0.39, 0.29) is 11.8 Å². The quantitative estimate of drug-likeness (QED) is 0.551. The van der Waals surface area contributed by atoms with E-state index in [1.165, 1.54) is 5.56 Å². The van der Waals surface area contributed by atoms with Crippen LogP contribution in [0.5, 0.6) is 0 Å². The molecule has 2 aromatic rings. The summed E-state index contributed by atoms with van der Waals surface area (Å²) in [5.74, 6) is 2.21. The van der Waals surface area contributed by atoms with E-state index in [2.05, 4.69) is 33.8 Å². The second kappa shape index (κ2) is 11.6. The highest BCUT2D eigenvalue weighted by atomic mass is 32.2. The normalized spacial score (nSPS) is 21.9. The first-order valence-corrected chi connectivity index (χ1v) is 15.2. The van der Waals surface area contributed by atoms with Gasteiger partial charge in [-0.05, 0) is 55.9 Å². The van der Waals surface area contributed by atoms with Gasteiger partial charge in [0.2, 0.25) is 5.91 Å². The Morgan fingerprint density at radius 2 is 1.51 bits per heavy atom. The van der Waals surface area contributed by atoms with Crippen LogP contribution >= 0.6 is 0 Å². The molecule has 202 valence electrons. The van der Waals surface area contributed by atoms with E-state index in [0.717, 1.165) is 57.6 Å². The van der Waals surface area contributed by atoms with Crippen LogP contribution in [0.2, 0.25) is 0 Å². The molecule has 0 saturated carbocycles. The lowest BCUT2D eigenvalue weighted by molar-refractivity contribution is -0.138. The van der Waals surface area contributed by atoms with Gasteiger partial charge in [0.05, 0.1) is 6.54 Å². The fourth-order valence-corrected chi connectivity index (χ4v) is 7.61. The third-order valence-corrected chi connectivity index (χ3v) is 10.5. The van der Waals surface area contributed by atoms with Crippen molar-refractivity contribution >= 4 is 16.1 Å². The average Bonchev–Trinajstić information content (AvgIpc) is 3.36. The summed E-state index contributed by atoms with van der Waals surface area (Å²) in [6.45, 7) is 6.59. The molecule has 3 saturated heterocycles. The van der Waals surface area contributed by atoms with E-state index in [1.807, 2.05) is 23.1 Å². The van der Waals surface area contributed by atoms with Crippen LogP contribution < -0.4 is 0 Å². The number of hydrogen-bond donors (Lipinski definition) is 0. The number of carbonyl (C=O) groups is 1. The van der Waals surface area contributed by atoms with Gasteiger partial charge in [-0.1, -0.05) is 37.3 Å². The number of hydrogen-bond acceptors (Lipinski definition) is 5. The van der Waals surface area contributed by atoms with Gasteiger partial charge >= 0.3 is 0 Å². The Hall–Kier alpha value is -2.30. The van der Waals surface area contributed by atoms with Crippen molar-refractivity contribution in [3.8, 4) is 0 Å². The average molecular weight is 529 g/mol. The topological polar surface area (TPSA) is 91.6 Å². The number of benzene rings is 1. The molecule has 3 aliphatic rings. The summed E-state index contributed by atoms with van der Waals surface area (Å²) < 4.78 is 31.5. The number of carbonyl (C=O) groups excluding carboxylic acids is 1. The summed E-state index contributed by atoms with van der Waals surface area (Å²) in [7, 11) is -3.41. The van der Waals surface area contributed by atoms with Gasteiger partial charge in [0.15, 0.2) is 0 Å². The Balaban J connectivity index is 1.08. The first kappa shape index (κ1) is 26.3. The van der Waals surface area contributed by atoms with E-state index >= 15 is 0 Å². The summed E-state index contributed by atoms with van der Waals surface area (Å²) in [6.07, 6.45) is 7.69. The molecule has 37 heavy (non-hydrogen) atoms. The maximum Gasteiger partial charge on any atom is 0.281 e. The van der Waals surface area contributed by atoms with Crippen LogP contribution in [-0.4, -0.2) is 81.9 Å². The minimum atomic E-state index is -3.41. The highest BCUT2D eigenvalue weighted by Crippen LogP contribution is 2.28. The van der Waals surface area contributed by atoms with Crippen molar-refractivity contribution in [2.24, 2.45) is 17.8 Å². The van der Waals surface area contributed by atoms with Gasteiger partial charge < -0.3 is 9.47 Å². The van der Waals surface area contributed by atoms with E-state index in [0.29, 0.717) is 50.9 Å². The lowest BCUT2D eigenvalue weighted by Crippen LogP contribution is -2.51. The molecule has 4 heterocycles. The molecular formula is C27H40N6O3S. The Morgan fingerprint density at radius 3 is 2.16 bits per heavy atom. The van der Waals surface area contributed by atoms with E-state index in [4.69, 9.17) is 0 Å². The van der Waals surface area contributed by atoms with Crippen molar-refractivity contribution in [1.82, 2.24) is 28.3 Å². The van der Waals surface area contributed by atoms with Crippen LogP contribution in [0.3, 0.4) is 0 Å². The third kappa shape index (κ3) is 6.23. The largest absolute Gasteiger partial charge is 0.342 e. The van der Waals surface area contributed by atoms with Crippen LogP contribution in [0.1, 0.15) is 56.8 Å². The minimum Gasteiger partial charge on any atom is -0.342 e. The monoisotopic (exact) mass is 528 g/mol. The number of piperidine rings is 3. The van der Waals surface area contributed by atoms with E-state index in [9.17, 15) is 13.2 Å². The van der Waals surface area contributed by atoms with Crippen molar-refractivity contribution in [2.75, 3.05) is 39.3 Å². The van der Waals surface area contributed by atoms with Gasteiger partial charge in [-0.2, -0.15) is 17.0 Å². The molecule has 0 unspecified atom stereocenters. The molecule has 1 amide bonds. The minimum absolute atomic E-state index is 0.0710. The Kier molecular flexibility index (Phi) is 8.26. The van der Waals surface area contributed by atoms with Crippen molar-refractivity contribution in [2.45, 2.75) is 58.4 Å². The van der Waals surface area contributed by atoms with Crippen LogP contribution in [-0.2, 0) is 28.0 Å². The van der Waals surface area contributed by atoms with Crippen molar-refractivity contribution in [1.29, 1.82) is 0 Å². The molecule has 1 aromatic heterocycles. The van der Waals surface area contributed by atoms with Gasteiger partial charge in [-0.25, -0.2) is 0 Å². The zero-order chi connectivity index (χ0) is 25.8. The van der Waals surface area contributed by atoms with Gasteiger partial charge in [0.25, 0.3) is 10.2 Å². The fourth-order valence-electron chi connectivity index (χ4n) is 5.94. The fraction of sp³-hybridized carbons (Fsp3) is 0.667. The highest BCUT2D eigenvalue weighted by Gasteiger charge is 2.37. The number of rotatable bonds is 7. The molecule has 0 aliphatic carbocycles. The summed E-state index contributed by atoms with van der Waals surface area (Å²) in [5.41, 5.74) is 1.23. The van der Waals surface area contributed by atoms with Crippen molar-refractivity contribution in [3.05, 3.63) is 48.0 Å². The Morgan fingerprint density at radius 1 is 0.892 bits per heavy atom. The third-order valence-electron chi connectivity index (χ3n) is 8.49. The molecule has 0 radical (unpaired) electrons. The predicted octanol–water partition coefficient (Wildman–Crippen LogP) is 2.80. The standard InChI is InChI=1S/C27H40N6O3S/c1-22-7-15-32(16-8-22)37(35,36)33-17-11-25(12-18-33)27(34)30-13-9-23(10-14-30)19-26-29-28-21-31(26)20-24-5-3-2-4-6-24/h2-6,21-23,25H,7-20H2,1H3. The maximum absolute atomic E-state index is 13.2. The molecule has 10 heteroatoms. The summed E-state index contributed by atoms with van der Waals surface area (Å²) >= 11 is 0. The molecular weight excluding hydrogens is 488 g/mol. The summed E-state index contributed by atoms with van der Waals surface area (Å²) in [5, 5.41) is 8.52. The zero-order valence-electron chi connectivity index (χ0n) is 21.9. The first-order valence-electron chi connectivity index (χ1n) is 13.8. The molecule has 3 aliphatic heterocycles. The molecule has 0 atom stereocenters. The molecule has 0 N–H and O–H groups in total. The number of nitrogens with zero attached hydrogens (tertiary/aromatic N) is 6. The van der Waals surface area contributed by atoms with Crippen molar-refractivity contribution in [3.63, 3.8) is 0 Å². The number of amides is 1. The number of aromatic nitrogens is 3. The molecule has 3 fully saturated rings. The lowest BCUT2D eigenvalue weighted by atomic mass is 9.90. The predicted molar refractivity (Wildman–Crippen MR) is 142 cm³/mol. The second-order valence-corrected chi connectivity index (χ2v) is 13.0. The van der Waals surface area contributed by atoms with Gasteiger partial charge in [0.1, 0.15) is 12.2 Å². The first-order chi connectivity index (χ1) is 17.9. The maximum atomic E-state index is 13.2. The van der Waals surface area contributed by atoms with Crippen molar-refractivity contribution < 1.29 is 13.2 Å². The Bertz CT molecular complexity index is 1130. The van der Waals surface area contributed by atoms with Crippen LogP contribution in [0.15, 0.2) is 36.7 Å². The molecule has 0 bridgehead atoms. The highest BCUT2D eigenvalue weighted by molar-refractivity contribution is 7.86. The van der Waals surface area contributed by atoms with Crippen LogP contribution in [0.25, 0.3) is 0 Å². The van der Waals surface area contributed by atoms with E-state index in [1.54, 1.807) is 14.9 Å². The number of likely N-dealkylation sites (tertiary alicyclic amines) is 1. The Labute approximate surface area is 221 Å². The van der Waals surface area contributed by atoms with Crippen LogP contribution in [0, 0.1) is 17.8 Å². The van der Waals surface area contributed by atoms with Crippen LogP contribution in [0.4, 0.5) is 0 Å². The smallest absolute Gasteiger partial charge is 0.281 e. The van der Waals surface area contributed by atoms with Gasteiger partial charge in [-0.15, -0.1) is 10.2 Å². The molecule has 1 aromatic carbocycles. The summed E-state index contributed by atoms with van der Waals surface area (Å²) in [4.78, 5) is 15.3. The molecule has 9 nitrogen and oxygen atoms in total.